The molecule has 9 nitrogen and oxygen atoms in total. The Morgan fingerprint density at radius 2 is 1.97 bits per heavy atom. The maximum absolute atomic E-state index is 12.8. The highest BCUT2D eigenvalue weighted by Crippen LogP contribution is 2.32. The first-order valence-corrected chi connectivity index (χ1v) is 10.1. The van der Waals surface area contributed by atoms with E-state index in [2.05, 4.69) is 16.0 Å². The lowest BCUT2D eigenvalue weighted by atomic mass is 10.1. The lowest BCUT2D eigenvalue weighted by Crippen LogP contribution is -2.49. The number of amides is 3. The fourth-order valence-electron chi connectivity index (χ4n) is 3.36. The molecule has 1 saturated heterocycles. The Hall–Kier alpha value is -3.30. The summed E-state index contributed by atoms with van der Waals surface area (Å²) in [7, 11) is 0. The number of fused-ring (bicyclic) bond motifs is 1. The van der Waals surface area contributed by atoms with Crippen molar-refractivity contribution in [2.24, 2.45) is 0 Å². The third-order valence-corrected chi connectivity index (χ3v) is 5.11. The topological polar surface area (TPSA) is 109 Å². The molecule has 0 unspecified atom stereocenters. The molecule has 10 heteroatoms. The Morgan fingerprint density at radius 1 is 1.13 bits per heavy atom. The van der Waals surface area contributed by atoms with Gasteiger partial charge < -0.3 is 25.4 Å². The van der Waals surface area contributed by atoms with E-state index in [9.17, 15) is 14.4 Å². The molecule has 0 bridgehead atoms. The van der Waals surface area contributed by atoms with Gasteiger partial charge in [0.05, 0.1) is 24.3 Å². The number of anilines is 1. The van der Waals surface area contributed by atoms with E-state index in [1.807, 2.05) is 6.07 Å². The van der Waals surface area contributed by atoms with Gasteiger partial charge in [-0.25, -0.2) is 0 Å². The van der Waals surface area contributed by atoms with Crippen LogP contribution in [-0.4, -0.2) is 55.6 Å². The maximum atomic E-state index is 12.8. The molecule has 1 fully saturated rings. The SMILES string of the molecule is O=C1CN(CC(=O)Nc2ccc(Cl)cc2C(=O)NCc2ccc3c(c2)OCO3)CCN1. The summed E-state index contributed by atoms with van der Waals surface area (Å²) in [5.74, 6) is 0.485. The van der Waals surface area contributed by atoms with Gasteiger partial charge in [-0.15, -0.1) is 0 Å². The average molecular weight is 445 g/mol. The molecule has 0 saturated carbocycles. The van der Waals surface area contributed by atoms with Crippen molar-refractivity contribution in [2.75, 3.05) is 38.3 Å². The van der Waals surface area contributed by atoms with Gasteiger partial charge in [-0.2, -0.15) is 0 Å². The van der Waals surface area contributed by atoms with Crippen molar-refractivity contribution in [3.8, 4) is 11.5 Å². The van der Waals surface area contributed by atoms with Crippen LogP contribution in [0.1, 0.15) is 15.9 Å². The summed E-state index contributed by atoms with van der Waals surface area (Å²) < 4.78 is 10.6. The number of carbonyl (C=O) groups excluding carboxylic acids is 3. The van der Waals surface area contributed by atoms with E-state index < -0.39 is 0 Å². The van der Waals surface area contributed by atoms with Crippen LogP contribution in [-0.2, 0) is 16.1 Å². The molecule has 0 aliphatic carbocycles. The van der Waals surface area contributed by atoms with Crippen molar-refractivity contribution in [1.29, 1.82) is 0 Å². The number of halogens is 1. The molecule has 0 atom stereocenters. The van der Waals surface area contributed by atoms with Crippen LogP contribution in [0.4, 0.5) is 5.69 Å². The Morgan fingerprint density at radius 3 is 2.81 bits per heavy atom. The second kappa shape index (κ2) is 9.23. The van der Waals surface area contributed by atoms with Crippen LogP contribution in [0.25, 0.3) is 0 Å². The van der Waals surface area contributed by atoms with Gasteiger partial charge in [-0.05, 0) is 35.9 Å². The first-order valence-electron chi connectivity index (χ1n) is 9.73. The number of benzene rings is 2. The highest BCUT2D eigenvalue weighted by atomic mass is 35.5. The van der Waals surface area contributed by atoms with E-state index in [1.54, 1.807) is 29.2 Å². The predicted octanol–water partition coefficient (Wildman–Crippen LogP) is 1.37. The number of nitrogens with one attached hydrogen (secondary N) is 3. The lowest BCUT2D eigenvalue weighted by molar-refractivity contribution is -0.125. The molecule has 2 aromatic carbocycles. The van der Waals surface area contributed by atoms with E-state index in [0.717, 1.165) is 5.56 Å². The zero-order chi connectivity index (χ0) is 21.8. The number of carbonyl (C=O) groups is 3. The summed E-state index contributed by atoms with van der Waals surface area (Å²) in [6.07, 6.45) is 0. The quantitative estimate of drug-likeness (QED) is 0.621. The molecule has 2 heterocycles. The Bertz CT molecular complexity index is 1030. The van der Waals surface area contributed by atoms with Crippen molar-refractivity contribution < 1.29 is 23.9 Å². The fourth-order valence-corrected chi connectivity index (χ4v) is 3.53. The molecule has 3 amide bonds. The summed E-state index contributed by atoms with van der Waals surface area (Å²) in [5.41, 5.74) is 1.44. The number of nitrogens with zero attached hydrogens (tertiary/aromatic N) is 1. The normalized spacial score (nSPS) is 15.3. The predicted molar refractivity (Wildman–Crippen MR) is 113 cm³/mol. The largest absolute Gasteiger partial charge is 0.454 e. The zero-order valence-electron chi connectivity index (χ0n) is 16.6. The van der Waals surface area contributed by atoms with Gasteiger partial charge in [-0.3, -0.25) is 19.3 Å². The molecule has 0 spiro atoms. The second-order valence-electron chi connectivity index (χ2n) is 7.17. The van der Waals surface area contributed by atoms with E-state index in [0.29, 0.717) is 35.3 Å². The first-order chi connectivity index (χ1) is 15.0. The van der Waals surface area contributed by atoms with Crippen molar-refractivity contribution in [3.63, 3.8) is 0 Å². The third-order valence-electron chi connectivity index (χ3n) is 4.88. The van der Waals surface area contributed by atoms with Gasteiger partial charge in [0.15, 0.2) is 11.5 Å². The van der Waals surface area contributed by atoms with Gasteiger partial charge in [0.2, 0.25) is 18.6 Å². The summed E-state index contributed by atoms with van der Waals surface area (Å²) in [5, 5.41) is 8.66. The standard InChI is InChI=1S/C21H21ClN4O5/c22-14-2-3-16(25-20(28)11-26-6-5-23-19(27)10-26)15(8-14)21(29)24-9-13-1-4-17-18(7-13)31-12-30-17/h1-4,7-8H,5-6,9-12H2,(H,23,27)(H,24,29)(H,25,28). The molecular formula is C21H21ClN4O5. The minimum atomic E-state index is -0.382. The van der Waals surface area contributed by atoms with Gasteiger partial charge in [-0.1, -0.05) is 17.7 Å². The van der Waals surface area contributed by atoms with Crippen molar-refractivity contribution in [3.05, 3.63) is 52.5 Å². The van der Waals surface area contributed by atoms with Crippen molar-refractivity contribution >= 4 is 35.0 Å². The van der Waals surface area contributed by atoms with Crippen LogP contribution in [0, 0.1) is 0 Å². The molecule has 2 aliphatic heterocycles. The number of rotatable bonds is 6. The van der Waals surface area contributed by atoms with Crippen LogP contribution in [0.15, 0.2) is 36.4 Å². The molecule has 162 valence electrons. The Kier molecular flexibility index (Phi) is 6.24. The smallest absolute Gasteiger partial charge is 0.253 e. The third kappa shape index (κ3) is 5.25. The molecule has 0 aromatic heterocycles. The maximum Gasteiger partial charge on any atom is 0.253 e. The lowest BCUT2D eigenvalue weighted by Gasteiger charge is -2.25. The monoisotopic (exact) mass is 444 g/mol. The molecule has 2 aliphatic rings. The molecule has 0 radical (unpaired) electrons. The molecule has 31 heavy (non-hydrogen) atoms. The number of piperazine rings is 1. The van der Waals surface area contributed by atoms with Crippen LogP contribution < -0.4 is 25.4 Å². The molecular weight excluding hydrogens is 424 g/mol. The Labute approximate surface area is 183 Å². The zero-order valence-corrected chi connectivity index (χ0v) is 17.3. The fraction of sp³-hybridized carbons (Fsp3) is 0.286. The van der Waals surface area contributed by atoms with Crippen LogP contribution in [0.2, 0.25) is 5.02 Å². The van der Waals surface area contributed by atoms with Crippen molar-refractivity contribution in [2.45, 2.75) is 6.54 Å². The highest BCUT2D eigenvalue weighted by molar-refractivity contribution is 6.31. The van der Waals surface area contributed by atoms with Gasteiger partial charge in [0.1, 0.15) is 0 Å². The van der Waals surface area contributed by atoms with Crippen LogP contribution >= 0.6 is 11.6 Å². The summed E-state index contributed by atoms with van der Waals surface area (Å²) in [6.45, 7) is 1.74. The highest BCUT2D eigenvalue weighted by Gasteiger charge is 2.20. The molecule has 3 N–H and O–H groups in total. The van der Waals surface area contributed by atoms with E-state index in [4.69, 9.17) is 21.1 Å². The Balaban J connectivity index is 1.40. The van der Waals surface area contributed by atoms with Gasteiger partial charge in [0.25, 0.3) is 5.91 Å². The van der Waals surface area contributed by atoms with Gasteiger partial charge in [0, 0.05) is 24.7 Å². The number of ether oxygens (including phenoxy) is 2. The average Bonchev–Trinajstić information content (AvgIpc) is 3.21. The van der Waals surface area contributed by atoms with E-state index in [1.165, 1.54) is 6.07 Å². The summed E-state index contributed by atoms with van der Waals surface area (Å²) in [4.78, 5) is 38.5. The van der Waals surface area contributed by atoms with Crippen molar-refractivity contribution in [1.82, 2.24) is 15.5 Å². The minimum Gasteiger partial charge on any atom is -0.454 e. The molecule has 2 aromatic rings. The summed E-state index contributed by atoms with van der Waals surface area (Å²) >= 11 is 6.07. The summed E-state index contributed by atoms with van der Waals surface area (Å²) in [6, 6.07) is 10.1. The van der Waals surface area contributed by atoms with E-state index in [-0.39, 0.29) is 49.7 Å². The first kappa shape index (κ1) is 21.0. The second-order valence-corrected chi connectivity index (χ2v) is 7.61. The van der Waals surface area contributed by atoms with Crippen LogP contribution in [0.3, 0.4) is 0 Å². The minimum absolute atomic E-state index is 0.0499. The van der Waals surface area contributed by atoms with E-state index >= 15 is 0 Å². The number of hydrogen-bond donors (Lipinski definition) is 3. The number of hydrogen-bond acceptors (Lipinski definition) is 6. The van der Waals surface area contributed by atoms with Gasteiger partial charge >= 0.3 is 0 Å². The molecule has 4 rings (SSSR count). The van der Waals surface area contributed by atoms with Crippen LogP contribution in [0.5, 0.6) is 11.5 Å².